The van der Waals surface area contributed by atoms with Crippen LogP contribution in [0, 0.1) is 50.2 Å². The van der Waals surface area contributed by atoms with E-state index in [9.17, 15) is 50.8 Å². The number of carboxylic acid groups (broad SMARTS) is 1. The third-order valence-electron chi connectivity index (χ3n) is 17.4. The van der Waals surface area contributed by atoms with Crippen LogP contribution in [0.2, 0.25) is 0 Å². The summed E-state index contributed by atoms with van der Waals surface area (Å²) >= 11 is 0. The number of ether oxygens (including phenoxy) is 4. The molecule has 0 radical (unpaired) electrons. The van der Waals surface area contributed by atoms with Crippen molar-refractivity contribution in [3.63, 3.8) is 0 Å². The third-order valence-corrected chi connectivity index (χ3v) is 17.4. The van der Waals surface area contributed by atoms with E-state index in [1.165, 1.54) is 5.57 Å². The summed E-state index contributed by atoms with van der Waals surface area (Å²) in [5.74, 6) is -0.954. The van der Waals surface area contributed by atoms with Crippen LogP contribution in [0.4, 0.5) is 0 Å². The maximum Gasteiger partial charge on any atom is 0.335 e. The average molecular weight is 797 g/mol. The number of rotatable bonds is 7. The molecule has 56 heavy (non-hydrogen) atoms. The van der Waals surface area contributed by atoms with Crippen LogP contribution in [0.25, 0.3) is 0 Å². The van der Waals surface area contributed by atoms with Gasteiger partial charge in [-0.3, -0.25) is 0 Å². The molecule has 7 aliphatic rings. The number of aliphatic carboxylic acids is 1. The van der Waals surface area contributed by atoms with E-state index < -0.39 is 85.5 Å². The van der Waals surface area contributed by atoms with Gasteiger partial charge in [0.2, 0.25) is 0 Å². The lowest BCUT2D eigenvalue weighted by Gasteiger charge is -2.72. The molecule has 9 N–H and O–H groups in total. The molecule has 0 aromatic heterocycles. The number of hydrogen-bond donors (Lipinski definition) is 9. The molecule has 0 aromatic rings. The maximum absolute atomic E-state index is 12.2. The molecule has 20 atom stereocenters. The average Bonchev–Trinajstić information content (AvgIpc) is 3.13. The second-order valence-corrected chi connectivity index (χ2v) is 20.8. The normalized spacial score (nSPS) is 55.5. The van der Waals surface area contributed by atoms with Crippen molar-refractivity contribution in [1.29, 1.82) is 0 Å². The fraction of sp³-hybridized carbons (Fsp3) is 0.929. The molecule has 4 saturated carbocycles. The van der Waals surface area contributed by atoms with Crippen molar-refractivity contribution in [2.24, 2.45) is 50.2 Å². The summed E-state index contributed by atoms with van der Waals surface area (Å²) in [5, 5.41) is 96.0. The second kappa shape index (κ2) is 14.4. The van der Waals surface area contributed by atoms with Gasteiger partial charge in [-0.05, 0) is 97.2 Å². The van der Waals surface area contributed by atoms with Gasteiger partial charge in [-0.2, -0.15) is 0 Å². The lowest BCUT2D eigenvalue weighted by Crippen LogP contribution is -2.68. The second-order valence-electron chi connectivity index (χ2n) is 20.8. The molecule has 4 unspecified atom stereocenters. The Bertz CT molecular complexity index is 1520. The van der Waals surface area contributed by atoms with Crippen molar-refractivity contribution in [2.45, 2.75) is 180 Å². The zero-order valence-corrected chi connectivity index (χ0v) is 34.1. The first-order valence-corrected chi connectivity index (χ1v) is 20.9. The third kappa shape index (κ3) is 6.21. The summed E-state index contributed by atoms with van der Waals surface area (Å²) < 4.78 is 23.8. The van der Waals surface area contributed by atoms with E-state index in [2.05, 4.69) is 47.6 Å². The standard InChI is InChI=1S/C42H68O14/c1-37(2)16-21-20-8-9-24-39(4)12-11-26(40(5,19-44)23(39)10-13-42(24,7)41(20,6)15-14-38(21,3)25(45)17-37)54-36-33(30(49)29(48)32(55-36)34(51)52)56-35-31(50)28(47)27(46)22(18-43)53-35/h8,21-33,35-36,43-50H,9-19H2,1-7H3,(H,51,52)/t21-,22+,23?,24?,25-,26?,27-,28-,29+,30-,31+,32-,33+,35-,36+,38+,39-,40?,41+,42+/m0/s1. The fourth-order valence-electron chi connectivity index (χ4n) is 13.7. The SMILES string of the molecule is CC1(C)C[C@H](O)[C@]2(C)CC[C@]3(C)C(=CCC4[C@@]5(C)CCC(O[C@@H]6O[C@H](C(=O)O)[C@H](O)[C@H](O)[C@H]6O[C@@H]6O[C@H](CO)[C@H](O)[C@H](O)[C@H]6O)C(C)(CO)C5CC[C@]43C)[C@@H]2C1. The van der Waals surface area contributed by atoms with Gasteiger partial charge in [0.1, 0.15) is 42.7 Å². The Morgan fingerprint density at radius 1 is 0.750 bits per heavy atom. The number of aliphatic hydroxyl groups excluding tert-OH is 8. The van der Waals surface area contributed by atoms with Gasteiger partial charge in [-0.25, -0.2) is 4.79 Å². The molecule has 2 saturated heterocycles. The zero-order valence-electron chi connectivity index (χ0n) is 34.1. The highest BCUT2D eigenvalue weighted by Gasteiger charge is 2.69. The molecule has 320 valence electrons. The Morgan fingerprint density at radius 2 is 1.45 bits per heavy atom. The maximum atomic E-state index is 12.2. The predicted molar refractivity (Wildman–Crippen MR) is 199 cm³/mol. The van der Waals surface area contributed by atoms with E-state index in [-0.39, 0.29) is 45.7 Å². The Morgan fingerprint density at radius 3 is 2.09 bits per heavy atom. The van der Waals surface area contributed by atoms with E-state index in [4.69, 9.17) is 18.9 Å². The van der Waals surface area contributed by atoms with Crippen molar-refractivity contribution in [3.05, 3.63) is 11.6 Å². The number of aliphatic hydroxyl groups is 8. The van der Waals surface area contributed by atoms with Crippen molar-refractivity contribution < 1.29 is 69.7 Å². The number of fused-ring (bicyclic) bond motifs is 7. The molecular formula is C42H68O14. The minimum absolute atomic E-state index is 0.0149. The summed E-state index contributed by atoms with van der Waals surface area (Å²) in [6, 6.07) is 0. The molecule has 5 aliphatic carbocycles. The van der Waals surface area contributed by atoms with Gasteiger partial charge < -0.3 is 64.9 Å². The predicted octanol–water partition coefficient (Wildman–Crippen LogP) is 1.85. The van der Waals surface area contributed by atoms with Gasteiger partial charge in [0, 0.05) is 10.8 Å². The van der Waals surface area contributed by atoms with Crippen LogP contribution in [0.1, 0.15) is 106 Å². The van der Waals surface area contributed by atoms with Crippen LogP contribution in [-0.4, -0.2) is 139 Å². The van der Waals surface area contributed by atoms with Crippen LogP contribution >= 0.6 is 0 Å². The van der Waals surface area contributed by atoms with Crippen LogP contribution in [0.15, 0.2) is 11.6 Å². The molecular weight excluding hydrogens is 728 g/mol. The minimum Gasteiger partial charge on any atom is -0.479 e. The molecule has 14 nitrogen and oxygen atoms in total. The van der Waals surface area contributed by atoms with Crippen LogP contribution in [0.5, 0.6) is 0 Å². The molecule has 0 bridgehead atoms. The summed E-state index contributed by atoms with van der Waals surface area (Å²) in [7, 11) is 0. The van der Waals surface area contributed by atoms with Crippen molar-refractivity contribution in [3.8, 4) is 0 Å². The van der Waals surface area contributed by atoms with Gasteiger partial charge in [0.15, 0.2) is 18.7 Å². The Hall–Kier alpha value is -1.27. The summed E-state index contributed by atoms with van der Waals surface area (Å²) in [5.41, 5.74) is 0.271. The number of carboxylic acids is 1. The van der Waals surface area contributed by atoms with Crippen LogP contribution < -0.4 is 0 Å². The van der Waals surface area contributed by atoms with Crippen molar-refractivity contribution >= 4 is 5.97 Å². The molecule has 6 fully saturated rings. The van der Waals surface area contributed by atoms with Crippen LogP contribution in [0.3, 0.4) is 0 Å². The zero-order chi connectivity index (χ0) is 41.1. The van der Waals surface area contributed by atoms with E-state index >= 15 is 0 Å². The minimum atomic E-state index is -1.97. The van der Waals surface area contributed by atoms with E-state index in [1.54, 1.807) is 0 Å². The largest absolute Gasteiger partial charge is 0.479 e. The fourth-order valence-corrected chi connectivity index (χ4v) is 13.7. The molecule has 0 amide bonds. The highest BCUT2D eigenvalue weighted by molar-refractivity contribution is 5.73. The number of hydrogen-bond acceptors (Lipinski definition) is 13. The Kier molecular flexibility index (Phi) is 11.0. The molecule has 0 spiro atoms. The summed E-state index contributed by atoms with van der Waals surface area (Å²) in [6.45, 7) is 15.2. The Labute approximate surface area is 330 Å². The van der Waals surface area contributed by atoms with Gasteiger partial charge >= 0.3 is 5.97 Å². The van der Waals surface area contributed by atoms with E-state index in [1.807, 2.05) is 6.92 Å². The summed E-state index contributed by atoms with van der Waals surface area (Å²) in [4.78, 5) is 12.2. The topological polar surface area (TPSA) is 236 Å². The van der Waals surface area contributed by atoms with E-state index in [0.717, 1.165) is 51.4 Å². The smallest absolute Gasteiger partial charge is 0.335 e. The first-order valence-electron chi connectivity index (χ1n) is 20.9. The molecule has 2 heterocycles. The monoisotopic (exact) mass is 796 g/mol. The lowest BCUT2D eigenvalue weighted by molar-refractivity contribution is -0.375. The molecule has 7 rings (SSSR count). The first kappa shape index (κ1) is 42.8. The molecule has 14 heteroatoms. The molecule has 2 aliphatic heterocycles. The Balaban J connectivity index is 1.17. The molecule has 0 aromatic carbocycles. The quantitative estimate of drug-likeness (QED) is 0.132. The van der Waals surface area contributed by atoms with Gasteiger partial charge in [-0.1, -0.05) is 60.1 Å². The van der Waals surface area contributed by atoms with Gasteiger partial charge in [-0.15, -0.1) is 0 Å². The first-order chi connectivity index (χ1) is 26.0. The summed E-state index contributed by atoms with van der Waals surface area (Å²) in [6.07, 6.45) is -8.23. The van der Waals surface area contributed by atoms with E-state index in [0.29, 0.717) is 18.3 Å². The highest BCUT2D eigenvalue weighted by Crippen LogP contribution is 2.76. The number of allylic oxidation sites excluding steroid dienone is 2. The van der Waals surface area contributed by atoms with Crippen molar-refractivity contribution in [1.82, 2.24) is 0 Å². The number of carbonyl (C=O) groups is 1. The van der Waals surface area contributed by atoms with Gasteiger partial charge in [0.05, 0.1) is 25.4 Å². The van der Waals surface area contributed by atoms with Gasteiger partial charge in [0.25, 0.3) is 0 Å². The van der Waals surface area contributed by atoms with Crippen molar-refractivity contribution in [2.75, 3.05) is 13.2 Å². The highest BCUT2D eigenvalue weighted by atomic mass is 16.8. The van der Waals surface area contributed by atoms with Crippen LogP contribution in [-0.2, 0) is 23.7 Å². The lowest BCUT2D eigenvalue weighted by atomic mass is 9.33.